The van der Waals surface area contributed by atoms with Crippen molar-refractivity contribution in [3.05, 3.63) is 22.8 Å². The molecule has 0 amide bonds. The molecule has 1 saturated carbocycles. The highest BCUT2D eigenvalue weighted by Crippen LogP contribution is 2.41. The summed E-state index contributed by atoms with van der Waals surface area (Å²) in [6.45, 7) is 9.53. The minimum absolute atomic E-state index is 0.856. The molecule has 1 fully saturated rings. The maximum atomic E-state index is 2.50. The molecule has 0 radical (unpaired) electrons. The van der Waals surface area contributed by atoms with Gasteiger partial charge in [-0.3, -0.25) is 0 Å². The highest BCUT2D eigenvalue weighted by atomic mass is 14.3. The van der Waals surface area contributed by atoms with E-state index in [4.69, 9.17) is 0 Å². The largest absolute Gasteiger partial charge is 0.0811 e. The zero-order chi connectivity index (χ0) is 13.1. The smallest absolute Gasteiger partial charge is 0.0197 e. The van der Waals surface area contributed by atoms with Gasteiger partial charge in [-0.1, -0.05) is 50.3 Å². The van der Waals surface area contributed by atoms with Gasteiger partial charge < -0.3 is 0 Å². The van der Waals surface area contributed by atoms with Gasteiger partial charge >= 0.3 is 0 Å². The van der Waals surface area contributed by atoms with E-state index in [9.17, 15) is 0 Å². The fourth-order valence-corrected chi connectivity index (χ4v) is 3.89. The summed E-state index contributed by atoms with van der Waals surface area (Å²) in [5, 5.41) is 0. The molecular formula is C18H30. The van der Waals surface area contributed by atoms with Crippen molar-refractivity contribution in [3.63, 3.8) is 0 Å². The zero-order valence-corrected chi connectivity index (χ0v) is 12.8. The van der Waals surface area contributed by atoms with Crippen molar-refractivity contribution in [2.75, 3.05) is 0 Å². The monoisotopic (exact) mass is 246 g/mol. The highest BCUT2D eigenvalue weighted by molar-refractivity contribution is 5.35. The molecule has 2 atom stereocenters. The second-order valence-corrected chi connectivity index (χ2v) is 6.60. The summed E-state index contributed by atoms with van der Waals surface area (Å²) in [6, 6.07) is 0. The van der Waals surface area contributed by atoms with Gasteiger partial charge in [-0.05, 0) is 62.9 Å². The van der Waals surface area contributed by atoms with Crippen LogP contribution in [0.3, 0.4) is 0 Å². The molecule has 0 aromatic rings. The molecule has 0 aromatic carbocycles. The van der Waals surface area contributed by atoms with Crippen molar-refractivity contribution in [1.82, 2.24) is 0 Å². The predicted molar refractivity (Wildman–Crippen MR) is 80.6 cm³/mol. The van der Waals surface area contributed by atoms with Gasteiger partial charge in [0.05, 0.1) is 0 Å². The van der Waals surface area contributed by atoms with E-state index < -0.39 is 0 Å². The highest BCUT2D eigenvalue weighted by Gasteiger charge is 2.26. The molecule has 0 spiro atoms. The molecule has 0 heteroatoms. The van der Waals surface area contributed by atoms with Gasteiger partial charge in [0.15, 0.2) is 0 Å². The summed E-state index contributed by atoms with van der Waals surface area (Å²) in [4.78, 5) is 0. The van der Waals surface area contributed by atoms with Gasteiger partial charge in [-0.2, -0.15) is 0 Å². The van der Waals surface area contributed by atoms with Crippen LogP contribution in [0.25, 0.3) is 0 Å². The average molecular weight is 246 g/mol. The lowest BCUT2D eigenvalue weighted by molar-refractivity contribution is 0.332. The lowest BCUT2D eigenvalue weighted by Gasteiger charge is -2.30. The van der Waals surface area contributed by atoms with Gasteiger partial charge in [-0.15, -0.1) is 0 Å². The Labute approximate surface area is 114 Å². The van der Waals surface area contributed by atoms with Crippen LogP contribution in [0.4, 0.5) is 0 Å². The van der Waals surface area contributed by atoms with E-state index >= 15 is 0 Å². The lowest BCUT2D eigenvalue weighted by Crippen LogP contribution is -2.17. The molecular weight excluding hydrogens is 216 g/mol. The van der Waals surface area contributed by atoms with Gasteiger partial charge in [-0.25, -0.2) is 0 Å². The van der Waals surface area contributed by atoms with Crippen LogP contribution in [-0.4, -0.2) is 0 Å². The SMILES string of the molecule is CCC1CC(C2CCCC2)=C(C)C(C)=CCC1C. The number of rotatable bonds is 2. The molecule has 0 aliphatic heterocycles. The molecule has 2 rings (SSSR count). The molecule has 0 bridgehead atoms. The van der Waals surface area contributed by atoms with Crippen LogP contribution in [0.2, 0.25) is 0 Å². The minimum atomic E-state index is 0.856. The molecule has 2 unspecified atom stereocenters. The van der Waals surface area contributed by atoms with E-state index in [1.165, 1.54) is 44.9 Å². The fraction of sp³-hybridized carbons (Fsp3) is 0.778. The fourth-order valence-electron chi connectivity index (χ4n) is 3.89. The Morgan fingerprint density at radius 1 is 1.17 bits per heavy atom. The van der Waals surface area contributed by atoms with Crippen molar-refractivity contribution >= 4 is 0 Å². The summed E-state index contributed by atoms with van der Waals surface area (Å²) in [6.07, 6.45) is 12.3. The topological polar surface area (TPSA) is 0 Å². The Morgan fingerprint density at radius 3 is 2.44 bits per heavy atom. The van der Waals surface area contributed by atoms with E-state index in [1.54, 1.807) is 11.1 Å². The summed E-state index contributed by atoms with van der Waals surface area (Å²) in [5.74, 6) is 2.67. The lowest BCUT2D eigenvalue weighted by atomic mass is 9.76. The second-order valence-electron chi connectivity index (χ2n) is 6.60. The molecule has 0 saturated heterocycles. The maximum Gasteiger partial charge on any atom is -0.0197 e. The molecule has 18 heavy (non-hydrogen) atoms. The molecule has 0 aromatic heterocycles. The van der Waals surface area contributed by atoms with Crippen molar-refractivity contribution in [3.8, 4) is 0 Å². The van der Waals surface area contributed by atoms with Crippen LogP contribution in [-0.2, 0) is 0 Å². The quantitative estimate of drug-likeness (QED) is 0.569. The van der Waals surface area contributed by atoms with Crippen molar-refractivity contribution in [2.45, 2.75) is 72.6 Å². The first-order chi connectivity index (χ1) is 8.63. The molecule has 0 N–H and O–H groups in total. The zero-order valence-electron chi connectivity index (χ0n) is 12.8. The average Bonchev–Trinajstić information content (AvgIpc) is 2.88. The Bertz CT molecular complexity index is 339. The standard InChI is InChI=1S/C18H30/c1-5-16-12-18(17-8-6-7-9-17)15(4)13(2)10-11-14(16)3/h10,14,16-17H,5-9,11-12H2,1-4H3. The minimum Gasteiger partial charge on any atom is -0.0811 e. The van der Waals surface area contributed by atoms with Crippen LogP contribution in [0, 0.1) is 17.8 Å². The maximum absolute atomic E-state index is 2.50. The van der Waals surface area contributed by atoms with Crippen LogP contribution < -0.4 is 0 Å². The third-order valence-corrected chi connectivity index (χ3v) is 5.53. The summed E-state index contributed by atoms with van der Waals surface area (Å²) < 4.78 is 0. The number of hydrogen-bond acceptors (Lipinski definition) is 0. The van der Waals surface area contributed by atoms with E-state index in [-0.39, 0.29) is 0 Å². The number of hydrogen-bond donors (Lipinski definition) is 0. The van der Waals surface area contributed by atoms with Crippen LogP contribution >= 0.6 is 0 Å². The van der Waals surface area contributed by atoms with Crippen LogP contribution in [0.5, 0.6) is 0 Å². The van der Waals surface area contributed by atoms with Crippen molar-refractivity contribution < 1.29 is 0 Å². The Hall–Kier alpha value is -0.520. The first-order valence-corrected chi connectivity index (χ1v) is 8.00. The van der Waals surface area contributed by atoms with Crippen molar-refractivity contribution in [2.24, 2.45) is 17.8 Å². The molecule has 102 valence electrons. The van der Waals surface area contributed by atoms with E-state index in [1.807, 2.05) is 5.57 Å². The van der Waals surface area contributed by atoms with Crippen molar-refractivity contribution in [1.29, 1.82) is 0 Å². The van der Waals surface area contributed by atoms with Gasteiger partial charge in [0.25, 0.3) is 0 Å². The first-order valence-electron chi connectivity index (χ1n) is 8.00. The molecule has 0 nitrogen and oxygen atoms in total. The van der Waals surface area contributed by atoms with Crippen LogP contribution in [0.1, 0.15) is 72.6 Å². The third kappa shape index (κ3) is 2.90. The number of allylic oxidation sites excluding steroid dienone is 4. The Balaban J connectivity index is 2.29. The van der Waals surface area contributed by atoms with Crippen LogP contribution in [0.15, 0.2) is 22.8 Å². The molecule has 2 aliphatic rings. The van der Waals surface area contributed by atoms with Gasteiger partial charge in [0, 0.05) is 0 Å². The summed E-state index contributed by atoms with van der Waals surface area (Å²) in [5.41, 5.74) is 5.00. The summed E-state index contributed by atoms with van der Waals surface area (Å²) >= 11 is 0. The Morgan fingerprint density at radius 2 is 1.83 bits per heavy atom. The third-order valence-electron chi connectivity index (χ3n) is 5.53. The Kier molecular flexibility index (Phi) is 4.70. The van der Waals surface area contributed by atoms with Gasteiger partial charge in [0.1, 0.15) is 0 Å². The first kappa shape index (κ1) is 13.9. The van der Waals surface area contributed by atoms with Gasteiger partial charge in [0.2, 0.25) is 0 Å². The molecule has 2 aliphatic carbocycles. The molecule has 0 heterocycles. The predicted octanol–water partition coefficient (Wildman–Crippen LogP) is 5.90. The van der Waals surface area contributed by atoms with E-state index in [0.29, 0.717) is 0 Å². The van der Waals surface area contributed by atoms with E-state index in [0.717, 1.165) is 17.8 Å². The van der Waals surface area contributed by atoms with E-state index in [2.05, 4.69) is 33.8 Å². The second kappa shape index (κ2) is 6.08. The normalized spacial score (nSPS) is 31.2. The summed E-state index contributed by atoms with van der Waals surface area (Å²) in [7, 11) is 0.